The lowest BCUT2D eigenvalue weighted by Crippen LogP contribution is -2.12. The summed E-state index contributed by atoms with van der Waals surface area (Å²) in [4.78, 5) is 9.98. The highest BCUT2D eigenvalue weighted by Gasteiger charge is 2.07. The van der Waals surface area contributed by atoms with Crippen molar-refractivity contribution < 1.29 is 14.8 Å². The molecule has 0 spiro atoms. The fourth-order valence-electron chi connectivity index (χ4n) is 0.339. The second-order valence-electron chi connectivity index (χ2n) is 1.97. The van der Waals surface area contributed by atoms with Crippen molar-refractivity contribution in [2.75, 3.05) is 0 Å². The Morgan fingerprint density at radius 3 is 2.18 bits per heavy atom. The predicted molar refractivity (Wildman–Crippen MR) is 43.7 cm³/mol. The van der Waals surface area contributed by atoms with Crippen LogP contribution in [0.2, 0.25) is 0 Å². The van der Waals surface area contributed by atoms with Crippen molar-refractivity contribution in [3.05, 3.63) is 36.4 Å². The van der Waals surface area contributed by atoms with Crippen LogP contribution in [0.25, 0.3) is 0 Å². The molecule has 0 aromatic rings. The largest absolute Gasteiger partial charge is 0.487 e. The minimum Gasteiger partial charge on any atom is -0.423 e. The van der Waals surface area contributed by atoms with Gasteiger partial charge in [-0.05, 0) is 5.47 Å². The van der Waals surface area contributed by atoms with Crippen molar-refractivity contribution in [2.24, 2.45) is 0 Å². The minimum atomic E-state index is -1.58. The van der Waals surface area contributed by atoms with Gasteiger partial charge in [-0.25, -0.2) is 0 Å². The molecular formula is C7H9BO3. The molecule has 0 atom stereocenters. The number of carbonyl (C=O) groups is 1. The van der Waals surface area contributed by atoms with E-state index in [4.69, 9.17) is 10.0 Å². The molecule has 0 aromatic carbocycles. The van der Waals surface area contributed by atoms with E-state index in [1.165, 1.54) is 12.2 Å². The van der Waals surface area contributed by atoms with Crippen molar-refractivity contribution in [2.45, 2.75) is 0 Å². The van der Waals surface area contributed by atoms with Gasteiger partial charge in [0.05, 0.1) is 0 Å². The van der Waals surface area contributed by atoms with Crippen LogP contribution >= 0.6 is 0 Å². The van der Waals surface area contributed by atoms with Crippen molar-refractivity contribution in [3.63, 3.8) is 0 Å². The lowest BCUT2D eigenvalue weighted by Gasteiger charge is -1.94. The van der Waals surface area contributed by atoms with Gasteiger partial charge in [-0.15, -0.1) is 0 Å². The van der Waals surface area contributed by atoms with E-state index in [9.17, 15) is 4.79 Å². The van der Waals surface area contributed by atoms with Gasteiger partial charge in [0.1, 0.15) is 6.29 Å². The van der Waals surface area contributed by atoms with Gasteiger partial charge in [-0.3, -0.25) is 4.79 Å². The molecule has 0 fully saturated rings. The van der Waals surface area contributed by atoms with Gasteiger partial charge in [-0.1, -0.05) is 25.3 Å². The summed E-state index contributed by atoms with van der Waals surface area (Å²) in [6, 6.07) is 0. The Morgan fingerprint density at radius 2 is 1.82 bits per heavy atom. The van der Waals surface area contributed by atoms with Crippen molar-refractivity contribution in [3.8, 4) is 0 Å². The molecular weight excluding hydrogens is 143 g/mol. The molecule has 0 aliphatic carbocycles. The highest BCUT2D eigenvalue weighted by Crippen LogP contribution is 1.96. The van der Waals surface area contributed by atoms with Crippen LogP contribution in [0.1, 0.15) is 0 Å². The Labute approximate surface area is 65.5 Å². The average molecular weight is 152 g/mol. The van der Waals surface area contributed by atoms with Crippen LogP contribution in [-0.4, -0.2) is 23.5 Å². The topological polar surface area (TPSA) is 57.5 Å². The Balaban J connectivity index is 4.03. The van der Waals surface area contributed by atoms with E-state index in [0.29, 0.717) is 6.29 Å². The third kappa shape index (κ3) is 4.30. The standard InChI is InChI=1S/C7H9BO3/c1-6(5-9)3-4-7(2)8(10)11/h3-5,10-11H,1-2H2/b4-3-. The molecule has 0 unspecified atom stereocenters. The Bertz CT molecular complexity index is 206. The van der Waals surface area contributed by atoms with E-state index in [1.807, 2.05) is 0 Å². The highest BCUT2D eigenvalue weighted by molar-refractivity contribution is 6.51. The molecule has 0 saturated carbocycles. The van der Waals surface area contributed by atoms with Crippen molar-refractivity contribution in [1.29, 1.82) is 0 Å². The van der Waals surface area contributed by atoms with Crippen LogP contribution in [0, 0.1) is 0 Å². The Kier molecular flexibility index (Phi) is 4.18. The molecule has 4 heteroatoms. The van der Waals surface area contributed by atoms with Crippen LogP contribution < -0.4 is 0 Å². The molecule has 0 aromatic heterocycles. The quantitative estimate of drug-likeness (QED) is 0.255. The number of allylic oxidation sites excluding steroid dienone is 4. The number of rotatable bonds is 4. The maximum Gasteiger partial charge on any atom is 0.487 e. The summed E-state index contributed by atoms with van der Waals surface area (Å²) in [7, 11) is -1.58. The zero-order valence-corrected chi connectivity index (χ0v) is 6.03. The second kappa shape index (κ2) is 4.65. The molecule has 0 rings (SSSR count). The van der Waals surface area contributed by atoms with Gasteiger partial charge in [0, 0.05) is 5.57 Å². The van der Waals surface area contributed by atoms with E-state index < -0.39 is 7.12 Å². The van der Waals surface area contributed by atoms with Crippen LogP contribution in [-0.2, 0) is 4.79 Å². The molecule has 0 aliphatic heterocycles. The monoisotopic (exact) mass is 152 g/mol. The molecule has 0 aliphatic rings. The maximum absolute atomic E-state index is 9.98. The van der Waals surface area contributed by atoms with Gasteiger partial charge in [0.2, 0.25) is 0 Å². The van der Waals surface area contributed by atoms with Gasteiger partial charge >= 0.3 is 7.12 Å². The van der Waals surface area contributed by atoms with Crippen LogP contribution in [0.5, 0.6) is 0 Å². The lowest BCUT2D eigenvalue weighted by molar-refractivity contribution is -0.104. The number of carbonyl (C=O) groups excluding carboxylic acids is 1. The van der Waals surface area contributed by atoms with Crippen molar-refractivity contribution in [1.82, 2.24) is 0 Å². The second-order valence-corrected chi connectivity index (χ2v) is 1.97. The fraction of sp³-hybridized carbons (Fsp3) is 0. The number of aldehydes is 1. The van der Waals surface area contributed by atoms with Crippen LogP contribution in [0.3, 0.4) is 0 Å². The summed E-state index contributed by atoms with van der Waals surface area (Å²) in [5.41, 5.74) is 0.375. The summed E-state index contributed by atoms with van der Waals surface area (Å²) < 4.78 is 0. The predicted octanol–water partition coefficient (Wildman–Crippen LogP) is -0.134. The van der Waals surface area contributed by atoms with Gasteiger partial charge in [0.25, 0.3) is 0 Å². The van der Waals surface area contributed by atoms with E-state index in [2.05, 4.69) is 13.2 Å². The summed E-state index contributed by atoms with van der Waals surface area (Å²) in [6.07, 6.45) is 3.24. The minimum absolute atomic E-state index is 0.119. The summed E-state index contributed by atoms with van der Waals surface area (Å²) >= 11 is 0. The Morgan fingerprint density at radius 1 is 1.27 bits per heavy atom. The zero-order valence-electron chi connectivity index (χ0n) is 6.03. The molecule has 0 amide bonds. The third-order valence-electron chi connectivity index (χ3n) is 0.995. The van der Waals surface area contributed by atoms with E-state index in [1.54, 1.807) is 0 Å². The molecule has 3 nitrogen and oxygen atoms in total. The third-order valence-corrected chi connectivity index (χ3v) is 0.995. The zero-order chi connectivity index (χ0) is 8.85. The van der Waals surface area contributed by atoms with E-state index in [-0.39, 0.29) is 11.0 Å². The van der Waals surface area contributed by atoms with Crippen molar-refractivity contribution >= 4 is 13.4 Å². The average Bonchev–Trinajstić information content (AvgIpc) is 1.99. The first-order valence-electron chi connectivity index (χ1n) is 2.95. The SMILES string of the molecule is C=C(C=O)/C=C\C(=C)B(O)O. The summed E-state index contributed by atoms with van der Waals surface area (Å²) in [5.74, 6) is 0. The Hall–Kier alpha value is -1.13. The molecule has 58 valence electrons. The highest BCUT2D eigenvalue weighted by atomic mass is 16.4. The lowest BCUT2D eigenvalue weighted by atomic mass is 9.80. The van der Waals surface area contributed by atoms with E-state index in [0.717, 1.165) is 0 Å². The first-order valence-corrected chi connectivity index (χ1v) is 2.95. The van der Waals surface area contributed by atoms with Gasteiger partial charge in [-0.2, -0.15) is 0 Å². The molecule has 2 N–H and O–H groups in total. The molecule has 0 radical (unpaired) electrons. The van der Waals surface area contributed by atoms with Crippen LogP contribution in [0.15, 0.2) is 36.4 Å². The molecule has 0 saturated heterocycles. The maximum atomic E-state index is 9.98. The smallest absolute Gasteiger partial charge is 0.423 e. The summed E-state index contributed by atoms with van der Waals surface area (Å²) in [5, 5.41) is 17.0. The fourth-order valence-corrected chi connectivity index (χ4v) is 0.339. The normalized spacial score (nSPS) is 9.64. The molecule has 0 heterocycles. The van der Waals surface area contributed by atoms with Crippen LogP contribution in [0.4, 0.5) is 0 Å². The number of hydrogen-bond donors (Lipinski definition) is 2. The van der Waals surface area contributed by atoms with Gasteiger partial charge in [0.15, 0.2) is 0 Å². The number of hydrogen-bond acceptors (Lipinski definition) is 3. The summed E-state index contributed by atoms with van der Waals surface area (Å²) in [6.45, 7) is 6.66. The first-order chi connectivity index (χ1) is 5.07. The first kappa shape index (κ1) is 9.87. The van der Waals surface area contributed by atoms with E-state index >= 15 is 0 Å². The van der Waals surface area contributed by atoms with Gasteiger partial charge < -0.3 is 10.0 Å². The molecule has 0 bridgehead atoms. The molecule has 11 heavy (non-hydrogen) atoms.